The van der Waals surface area contributed by atoms with Crippen LogP contribution in [0.2, 0.25) is 0 Å². The van der Waals surface area contributed by atoms with Gasteiger partial charge in [0.2, 0.25) is 15.9 Å². The van der Waals surface area contributed by atoms with Gasteiger partial charge >= 0.3 is 0 Å². The van der Waals surface area contributed by atoms with Crippen LogP contribution in [0.5, 0.6) is 0 Å². The summed E-state index contributed by atoms with van der Waals surface area (Å²) in [5, 5.41) is 1.94. The molecule has 0 saturated carbocycles. The third-order valence-corrected chi connectivity index (χ3v) is 6.18. The van der Waals surface area contributed by atoms with Crippen molar-refractivity contribution >= 4 is 21.4 Å². The van der Waals surface area contributed by atoms with Gasteiger partial charge in [0.25, 0.3) is 0 Å². The molecule has 8 heteroatoms. The van der Waals surface area contributed by atoms with Crippen LogP contribution in [0.3, 0.4) is 0 Å². The SMILES string of the molecule is Cc1cc(F)ccc1S(=O)(=O)NCCc1nc(-c2cccs2)oc1C. The van der Waals surface area contributed by atoms with E-state index in [4.69, 9.17) is 4.42 Å². The minimum Gasteiger partial charge on any atom is -0.440 e. The van der Waals surface area contributed by atoms with Gasteiger partial charge in [-0.2, -0.15) is 0 Å². The minimum atomic E-state index is -3.70. The van der Waals surface area contributed by atoms with E-state index in [9.17, 15) is 12.8 Å². The number of nitrogens with one attached hydrogen (secondary N) is 1. The van der Waals surface area contributed by atoms with E-state index < -0.39 is 15.8 Å². The first-order chi connectivity index (χ1) is 11.9. The van der Waals surface area contributed by atoms with E-state index in [1.54, 1.807) is 13.8 Å². The maximum atomic E-state index is 13.1. The summed E-state index contributed by atoms with van der Waals surface area (Å²) in [4.78, 5) is 5.43. The number of hydrogen-bond acceptors (Lipinski definition) is 5. The van der Waals surface area contributed by atoms with Crippen LogP contribution in [0.4, 0.5) is 4.39 Å². The highest BCUT2D eigenvalue weighted by molar-refractivity contribution is 7.89. The zero-order chi connectivity index (χ0) is 18.0. The lowest BCUT2D eigenvalue weighted by molar-refractivity contribution is 0.539. The van der Waals surface area contributed by atoms with Gasteiger partial charge in [0.15, 0.2) is 0 Å². The zero-order valence-electron chi connectivity index (χ0n) is 13.7. The highest BCUT2D eigenvalue weighted by atomic mass is 32.2. The highest BCUT2D eigenvalue weighted by Crippen LogP contribution is 2.26. The summed E-state index contributed by atoms with van der Waals surface area (Å²) in [6.07, 6.45) is 0.403. The van der Waals surface area contributed by atoms with Crippen LogP contribution in [0.1, 0.15) is 17.0 Å². The first-order valence-electron chi connectivity index (χ1n) is 7.63. The lowest BCUT2D eigenvalue weighted by atomic mass is 10.2. The Kier molecular flexibility index (Phi) is 5.03. The fourth-order valence-corrected chi connectivity index (χ4v) is 4.37. The number of benzene rings is 1. The molecule has 0 saturated heterocycles. The Morgan fingerprint density at radius 2 is 2.08 bits per heavy atom. The van der Waals surface area contributed by atoms with Gasteiger partial charge in [0.05, 0.1) is 15.5 Å². The Labute approximate surface area is 149 Å². The molecule has 0 radical (unpaired) electrons. The number of oxazole rings is 1. The van der Waals surface area contributed by atoms with E-state index in [1.165, 1.54) is 23.5 Å². The van der Waals surface area contributed by atoms with Crippen molar-refractivity contribution in [3.05, 3.63) is 58.5 Å². The van der Waals surface area contributed by atoms with Gasteiger partial charge in [-0.05, 0) is 49.1 Å². The van der Waals surface area contributed by atoms with Crippen molar-refractivity contribution in [2.75, 3.05) is 6.54 Å². The molecule has 5 nitrogen and oxygen atoms in total. The molecule has 25 heavy (non-hydrogen) atoms. The van der Waals surface area contributed by atoms with Gasteiger partial charge < -0.3 is 4.42 Å². The molecule has 0 unspecified atom stereocenters. The first kappa shape index (κ1) is 17.8. The Hall–Kier alpha value is -2.03. The Balaban J connectivity index is 1.68. The average Bonchev–Trinajstić information content (AvgIpc) is 3.17. The van der Waals surface area contributed by atoms with Crippen molar-refractivity contribution in [2.45, 2.75) is 25.2 Å². The molecule has 0 amide bonds. The summed E-state index contributed by atoms with van der Waals surface area (Å²) in [6, 6.07) is 7.43. The van der Waals surface area contributed by atoms with Gasteiger partial charge in [-0.3, -0.25) is 0 Å². The number of halogens is 1. The lowest BCUT2D eigenvalue weighted by Gasteiger charge is -2.08. The Bertz CT molecular complexity index is 979. The van der Waals surface area contributed by atoms with E-state index >= 15 is 0 Å². The number of hydrogen-bond donors (Lipinski definition) is 1. The Morgan fingerprint density at radius 1 is 1.28 bits per heavy atom. The normalized spacial score (nSPS) is 11.8. The predicted molar refractivity (Wildman–Crippen MR) is 94.6 cm³/mol. The monoisotopic (exact) mass is 380 g/mol. The van der Waals surface area contributed by atoms with E-state index in [0.29, 0.717) is 29.3 Å². The molecule has 2 aromatic heterocycles. The van der Waals surface area contributed by atoms with Gasteiger partial charge in [-0.25, -0.2) is 22.5 Å². The molecule has 1 aromatic carbocycles. The number of aromatic nitrogens is 1. The van der Waals surface area contributed by atoms with Crippen LogP contribution in [0.15, 0.2) is 45.0 Å². The van der Waals surface area contributed by atoms with Crippen molar-refractivity contribution < 1.29 is 17.2 Å². The maximum Gasteiger partial charge on any atom is 0.240 e. The molecule has 3 aromatic rings. The quantitative estimate of drug-likeness (QED) is 0.708. The first-order valence-corrected chi connectivity index (χ1v) is 9.99. The van der Waals surface area contributed by atoms with Crippen LogP contribution in [0, 0.1) is 19.7 Å². The van der Waals surface area contributed by atoms with Gasteiger partial charge in [0, 0.05) is 13.0 Å². The fourth-order valence-electron chi connectivity index (χ4n) is 2.46. The van der Waals surface area contributed by atoms with Gasteiger partial charge in [0.1, 0.15) is 11.6 Å². The molecule has 2 heterocycles. The standard InChI is InChI=1S/C17H17FN2O3S2/c1-11-10-13(18)5-6-16(11)25(21,22)19-8-7-14-12(2)23-17(20-14)15-4-3-9-24-15/h3-6,9-10,19H,7-8H2,1-2H3. The molecule has 0 fully saturated rings. The van der Waals surface area contributed by atoms with Crippen LogP contribution in [-0.2, 0) is 16.4 Å². The molecule has 132 valence electrons. The van der Waals surface area contributed by atoms with Crippen molar-refractivity contribution in [2.24, 2.45) is 0 Å². The summed E-state index contributed by atoms with van der Waals surface area (Å²) >= 11 is 1.53. The minimum absolute atomic E-state index is 0.0741. The summed E-state index contributed by atoms with van der Waals surface area (Å²) in [6.45, 7) is 3.54. The molecular weight excluding hydrogens is 363 g/mol. The van der Waals surface area contributed by atoms with Crippen molar-refractivity contribution in [1.82, 2.24) is 9.71 Å². The molecular formula is C17H17FN2O3S2. The van der Waals surface area contributed by atoms with Crippen LogP contribution < -0.4 is 4.72 Å². The third kappa shape index (κ3) is 3.97. The van der Waals surface area contributed by atoms with E-state index in [0.717, 1.165) is 10.9 Å². The van der Waals surface area contributed by atoms with Gasteiger partial charge in [-0.15, -0.1) is 11.3 Å². The van der Waals surface area contributed by atoms with E-state index in [-0.39, 0.29) is 11.4 Å². The molecule has 1 N–H and O–H groups in total. The number of rotatable bonds is 6. The topological polar surface area (TPSA) is 72.2 Å². The summed E-state index contributed by atoms with van der Waals surface area (Å²) in [5.74, 6) is 0.746. The van der Waals surface area contributed by atoms with E-state index in [2.05, 4.69) is 9.71 Å². The molecule has 0 spiro atoms. The fraction of sp³-hybridized carbons (Fsp3) is 0.235. The second kappa shape index (κ2) is 7.07. The van der Waals surface area contributed by atoms with E-state index in [1.807, 2.05) is 17.5 Å². The van der Waals surface area contributed by atoms with Crippen LogP contribution in [-0.4, -0.2) is 19.9 Å². The zero-order valence-corrected chi connectivity index (χ0v) is 15.4. The largest absolute Gasteiger partial charge is 0.440 e. The summed E-state index contributed by atoms with van der Waals surface area (Å²) < 4.78 is 46.0. The smallest absolute Gasteiger partial charge is 0.240 e. The van der Waals surface area contributed by atoms with Crippen molar-refractivity contribution in [1.29, 1.82) is 0 Å². The summed E-state index contributed by atoms with van der Waals surface area (Å²) in [5.41, 5.74) is 1.08. The van der Waals surface area contributed by atoms with Crippen molar-refractivity contribution in [3.63, 3.8) is 0 Å². The molecule has 0 aliphatic rings. The number of nitrogens with zero attached hydrogens (tertiary/aromatic N) is 1. The maximum absolute atomic E-state index is 13.1. The highest BCUT2D eigenvalue weighted by Gasteiger charge is 2.18. The third-order valence-electron chi connectivity index (χ3n) is 3.71. The molecule has 3 rings (SSSR count). The van der Waals surface area contributed by atoms with Crippen molar-refractivity contribution in [3.8, 4) is 10.8 Å². The Morgan fingerprint density at radius 3 is 2.76 bits per heavy atom. The van der Waals surface area contributed by atoms with Gasteiger partial charge in [-0.1, -0.05) is 6.07 Å². The number of thiophene rings is 1. The molecule has 0 aliphatic carbocycles. The second-order valence-electron chi connectivity index (χ2n) is 5.56. The number of sulfonamides is 1. The second-order valence-corrected chi connectivity index (χ2v) is 8.24. The van der Waals surface area contributed by atoms with Crippen LogP contribution >= 0.6 is 11.3 Å². The molecule has 0 aliphatic heterocycles. The average molecular weight is 380 g/mol. The predicted octanol–water partition coefficient (Wildman–Crippen LogP) is 3.68. The molecule has 0 bridgehead atoms. The lowest BCUT2D eigenvalue weighted by Crippen LogP contribution is -2.26. The van der Waals surface area contributed by atoms with Crippen LogP contribution in [0.25, 0.3) is 10.8 Å². The molecule has 0 atom stereocenters. The summed E-state index contributed by atoms with van der Waals surface area (Å²) in [7, 11) is -3.70. The number of aryl methyl sites for hydroxylation is 2.